The van der Waals surface area contributed by atoms with Gasteiger partial charge in [-0.05, 0) is 32.7 Å². The van der Waals surface area contributed by atoms with Gasteiger partial charge in [-0.2, -0.15) is 0 Å². The summed E-state index contributed by atoms with van der Waals surface area (Å²) < 4.78 is 0. The molecule has 0 spiro atoms. The van der Waals surface area contributed by atoms with Crippen LogP contribution < -0.4 is 0 Å². The lowest BCUT2D eigenvalue weighted by molar-refractivity contribution is 0.151. The predicted molar refractivity (Wildman–Crippen MR) is 48.2 cm³/mol. The Balaban J connectivity index is 2.20. The van der Waals surface area contributed by atoms with Crippen LogP contribution in [0.1, 0.15) is 25.7 Å². The number of fused-ring (bicyclic) bond motifs is 2. The van der Waals surface area contributed by atoms with Crippen molar-refractivity contribution in [3.05, 3.63) is 0 Å². The highest BCUT2D eigenvalue weighted by Gasteiger charge is 2.48. The first-order chi connectivity index (χ1) is 5.12. The largest absolute Gasteiger partial charge is 0.285 e. The lowest BCUT2D eigenvalue weighted by Gasteiger charge is -2.39. The van der Waals surface area contributed by atoms with Crippen molar-refractivity contribution in [3.8, 4) is 0 Å². The first kappa shape index (κ1) is 8.15. The molecule has 2 bridgehead atoms. The summed E-state index contributed by atoms with van der Waals surface area (Å²) in [7, 11) is 2.12. The molecule has 3 heteroatoms. The number of hydrogen-bond acceptors (Lipinski definition) is 1. The number of hydrogen-bond donors (Lipinski definition) is 0. The van der Waals surface area contributed by atoms with Gasteiger partial charge < -0.3 is 0 Å². The minimum absolute atomic E-state index is 0.102. The van der Waals surface area contributed by atoms with E-state index in [4.69, 9.17) is 23.2 Å². The van der Waals surface area contributed by atoms with Crippen LogP contribution in [0.4, 0.5) is 0 Å². The molecule has 0 N–H and O–H groups in total. The fourth-order valence-electron chi connectivity index (χ4n) is 2.32. The topological polar surface area (TPSA) is 3.24 Å². The van der Waals surface area contributed by atoms with Crippen LogP contribution in [0.2, 0.25) is 0 Å². The van der Waals surface area contributed by atoms with Crippen molar-refractivity contribution in [1.82, 2.24) is 4.90 Å². The summed E-state index contributed by atoms with van der Waals surface area (Å²) >= 11 is 12.5. The fraction of sp³-hybridized carbons (Fsp3) is 1.00. The molecule has 2 aliphatic heterocycles. The van der Waals surface area contributed by atoms with Crippen LogP contribution in [0, 0.1) is 0 Å². The molecule has 0 aromatic rings. The maximum absolute atomic E-state index is 6.39. The minimum atomic E-state index is -0.102. The van der Waals surface area contributed by atoms with Crippen molar-refractivity contribution in [2.45, 2.75) is 42.1 Å². The lowest BCUT2D eigenvalue weighted by atomic mass is 10.0. The van der Waals surface area contributed by atoms with Crippen molar-refractivity contribution >= 4 is 23.2 Å². The molecule has 3 unspecified atom stereocenters. The Morgan fingerprint density at radius 2 is 2.27 bits per heavy atom. The summed E-state index contributed by atoms with van der Waals surface area (Å²) in [6.07, 6.45) is 4.40. The first-order valence-corrected chi connectivity index (χ1v) is 4.99. The van der Waals surface area contributed by atoms with Gasteiger partial charge in [-0.15, -0.1) is 23.2 Å². The van der Waals surface area contributed by atoms with Gasteiger partial charge in [-0.1, -0.05) is 0 Å². The van der Waals surface area contributed by atoms with Crippen molar-refractivity contribution in [2.75, 3.05) is 7.05 Å². The smallest absolute Gasteiger partial charge is 0.0975 e. The Hall–Kier alpha value is 0.540. The number of halogens is 2. The molecule has 2 aliphatic rings. The van der Waals surface area contributed by atoms with E-state index in [-0.39, 0.29) is 5.00 Å². The van der Waals surface area contributed by atoms with E-state index in [0.717, 1.165) is 19.3 Å². The average Bonchev–Trinajstić information content (AvgIpc) is 2.17. The molecule has 0 aliphatic carbocycles. The number of rotatable bonds is 0. The molecule has 0 radical (unpaired) electrons. The summed E-state index contributed by atoms with van der Waals surface area (Å²) in [5, 5.41) is 0.302. The van der Waals surface area contributed by atoms with Crippen molar-refractivity contribution in [2.24, 2.45) is 0 Å². The van der Waals surface area contributed by atoms with Crippen LogP contribution in [0.15, 0.2) is 0 Å². The van der Waals surface area contributed by atoms with Gasteiger partial charge >= 0.3 is 0 Å². The van der Waals surface area contributed by atoms with E-state index in [9.17, 15) is 0 Å². The highest BCUT2D eigenvalue weighted by Crippen LogP contribution is 2.46. The second kappa shape index (κ2) is 2.51. The van der Waals surface area contributed by atoms with Crippen molar-refractivity contribution < 1.29 is 0 Å². The van der Waals surface area contributed by atoms with E-state index in [1.165, 1.54) is 6.42 Å². The van der Waals surface area contributed by atoms with Gasteiger partial charge in [0.15, 0.2) is 0 Å². The molecule has 0 aromatic carbocycles. The monoisotopic (exact) mass is 193 g/mol. The van der Waals surface area contributed by atoms with Crippen LogP contribution >= 0.6 is 23.2 Å². The number of piperidine rings is 1. The third kappa shape index (κ3) is 1.18. The fourth-order valence-corrected chi connectivity index (χ4v) is 3.30. The Bertz CT molecular complexity index is 173. The van der Waals surface area contributed by atoms with Gasteiger partial charge in [-0.25, -0.2) is 0 Å². The van der Waals surface area contributed by atoms with E-state index in [1.807, 2.05) is 0 Å². The molecule has 64 valence electrons. The molecular weight excluding hydrogens is 181 g/mol. The van der Waals surface area contributed by atoms with Gasteiger partial charge in [-0.3, -0.25) is 4.90 Å². The van der Waals surface area contributed by atoms with Crippen LogP contribution in [0.5, 0.6) is 0 Å². The molecule has 3 atom stereocenters. The normalized spacial score (nSPS) is 51.5. The standard InChI is InChI=1S/C8H13Cl2N/c1-11-7-2-3-8(11,10)5-6(9)4-7/h6-7H,2-5H2,1H3. The van der Waals surface area contributed by atoms with E-state index in [2.05, 4.69) is 11.9 Å². The highest BCUT2D eigenvalue weighted by molar-refractivity contribution is 6.26. The molecular formula is C8H13Cl2N. The van der Waals surface area contributed by atoms with Crippen LogP contribution in [0.3, 0.4) is 0 Å². The number of alkyl halides is 2. The second-order valence-electron chi connectivity index (χ2n) is 3.76. The molecule has 0 saturated carbocycles. The van der Waals surface area contributed by atoms with Crippen LogP contribution in [0.25, 0.3) is 0 Å². The van der Waals surface area contributed by atoms with E-state index in [1.54, 1.807) is 0 Å². The molecule has 2 rings (SSSR count). The lowest BCUT2D eigenvalue weighted by Crippen LogP contribution is -2.47. The van der Waals surface area contributed by atoms with Gasteiger partial charge in [0, 0.05) is 11.4 Å². The summed E-state index contributed by atoms with van der Waals surface area (Å²) in [5.41, 5.74) is 0. The van der Waals surface area contributed by atoms with Gasteiger partial charge in [0.05, 0.1) is 5.00 Å². The Kier molecular flexibility index (Phi) is 1.86. The molecule has 2 saturated heterocycles. The Morgan fingerprint density at radius 1 is 1.55 bits per heavy atom. The zero-order valence-corrected chi connectivity index (χ0v) is 8.20. The van der Waals surface area contributed by atoms with E-state index in [0.29, 0.717) is 11.4 Å². The molecule has 0 aromatic heterocycles. The average molecular weight is 194 g/mol. The minimum Gasteiger partial charge on any atom is -0.285 e. The van der Waals surface area contributed by atoms with Crippen molar-refractivity contribution in [1.29, 1.82) is 0 Å². The summed E-state index contributed by atoms with van der Waals surface area (Å²) in [4.78, 5) is 2.20. The predicted octanol–water partition coefficient (Wildman–Crippen LogP) is 2.42. The summed E-state index contributed by atoms with van der Waals surface area (Å²) in [6, 6.07) is 0.642. The van der Waals surface area contributed by atoms with Crippen molar-refractivity contribution in [3.63, 3.8) is 0 Å². The molecule has 2 fully saturated rings. The van der Waals surface area contributed by atoms with Crippen LogP contribution in [-0.2, 0) is 0 Å². The molecule has 11 heavy (non-hydrogen) atoms. The highest BCUT2D eigenvalue weighted by atomic mass is 35.5. The van der Waals surface area contributed by atoms with Gasteiger partial charge in [0.25, 0.3) is 0 Å². The zero-order chi connectivity index (χ0) is 8.06. The summed E-state index contributed by atoms with van der Waals surface area (Å²) in [5.74, 6) is 0. The van der Waals surface area contributed by atoms with E-state index < -0.39 is 0 Å². The Labute approximate surface area is 77.6 Å². The van der Waals surface area contributed by atoms with E-state index >= 15 is 0 Å². The second-order valence-corrected chi connectivity index (χ2v) is 5.08. The first-order valence-electron chi connectivity index (χ1n) is 4.18. The maximum Gasteiger partial charge on any atom is 0.0975 e. The van der Waals surface area contributed by atoms with Crippen LogP contribution in [-0.4, -0.2) is 28.4 Å². The van der Waals surface area contributed by atoms with Gasteiger partial charge in [0.1, 0.15) is 0 Å². The molecule has 2 heterocycles. The molecule has 1 nitrogen and oxygen atoms in total. The van der Waals surface area contributed by atoms with Gasteiger partial charge in [0.2, 0.25) is 0 Å². The summed E-state index contributed by atoms with van der Waals surface area (Å²) in [6.45, 7) is 0. The maximum atomic E-state index is 6.39. The zero-order valence-electron chi connectivity index (χ0n) is 6.69. The SMILES string of the molecule is CN1C2CCC1(Cl)CC(Cl)C2. The third-order valence-electron chi connectivity index (χ3n) is 3.10. The third-order valence-corrected chi connectivity index (χ3v) is 4.04. The Morgan fingerprint density at radius 3 is 2.91 bits per heavy atom. The quantitative estimate of drug-likeness (QED) is 0.422. The molecule has 0 amide bonds. The number of nitrogens with zero attached hydrogens (tertiary/aromatic N) is 1.